The van der Waals surface area contributed by atoms with Gasteiger partial charge in [0.2, 0.25) is 0 Å². The number of benzene rings is 2. The first kappa shape index (κ1) is 17.3. The van der Waals surface area contributed by atoms with Crippen LogP contribution in [0.4, 0.5) is 5.69 Å². The van der Waals surface area contributed by atoms with Crippen molar-refractivity contribution in [3.05, 3.63) is 53.6 Å². The minimum absolute atomic E-state index is 0.264. The van der Waals surface area contributed by atoms with Crippen molar-refractivity contribution in [3.8, 4) is 17.6 Å². The molecule has 3 rings (SSSR count). The van der Waals surface area contributed by atoms with E-state index in [1.807, 2.05) is 6.07 Å². The van der Waals surface area contributed by atoms with E-state index in [4.69, 9.17) is 19.5 Å². The number of hydrogen-bond acceptors (Lipinski definition) is 6. The number of ether oxygens (including phenoxy) is 3. The second-order valence-corrected chi connectivity index (χ2v) is 5.59. The van der Waals surface area contributed by atoms with Crippen LogP contribution in [0.15, 0.2) is 42.5 Å². The van der Waals surface area contributed by atoms with Crippen molar-refractivity contribution in [2.45, 2.75) is 13.0 Å². The number of amides is 1. The Morgan fingerprint density at radius 2 is 1.92 bits per heavy atom. The van der Waals surface area contributed by atoms with Gasteiger partial charge in [0.25, 0.3) is 5.91 Å². The summed E-state index contributed by atoms with van der Waals surface area (Å²) in [4.78, 5) is 24.5. The van der Waals surface area contributed by atoms with Gasteiger partial charge in [0.1, 0.15) is 13.2 Å². The van der Waals surface area contributed by atoms with Gasteiger partial charge in [0.15, 0.2) is 17.6 Å². The standard InChI is InChI=1S/C19H16N2O5/c1-12(18(22)21-15-4-2-3-13(9-15)11-20)26-19(23)14-5-6-16-17(10-14)25-8-7-24-16/h2-6,9-10,12H,7-8H2,1H3,(H,21,22)/t12-/m0/s1. The average Bonchev–Trinajstić information content (AvgIpc) is 2.67. The molecule has 0 unspecified atom stereocenters. The maximum atomic E-state index is 12.3. The van der Waals surface area contributed by atoms with Crippen LogP contribution < -0.4 is 14.8 Å². The normalized spacial score (nSPS) is 13.2. The van der Waals surface area contributed by atoms with E-state index in [9.17, 15) is 9.59 Å². The van der Waals surface area contributed by atoms with Crippen LogP contribution in [0, 0.1) is 11.3 Å². The van der Waals surface area contributed by atoms with E-state index in [1.165, 1.54) is 19.1 Å². The Kier molecular flexibility index (Phi) is 5.04. The van der Waals surface area contributed by atoms with Crippen molar-refractivity contribution in [1.82, 2.24) is 0 Å². The fraction of sp³-hybridized carbons (Fsp3) is 0.211. The molecule has 1 amide bonds. The Morgan fingerprint density at radius 3 is 2.69 bits per heavy atom. The van der Waals surface area contributed by atoms with Gasteiger partial charge in [-0.1, -0.05) is 6.07 Å². The van der Waals surface area contributed by atoms with E-state index in [0.717, 1.165) is 0 Å². The van der Waals surface area contributed by atoms with Gasteiger partial charge in [-0.3, -0.25) is 4.79 Å². The summed E-state index contributed by atoms with van der Waals surface area (Å²) in [6.07, 6.45) is -1.01. The SMILES string of the molecule is C[C@H](OC(=O)c1ccc2c(c1)OCCO2)C(=O)Nc1cccc(C#N)c1. The first-order chi connectivity index (χ1) is 12.6. The van der Waals surface area contributed by atoms with Gasteiger partial charge in [-0.05, 0) is 43.3 Å². The molecule has 0 fully saturated rings. The number of rotatable bonds is 4. The highest BCUT2D eigenvalue weighted by atomic mass is 16.6. The summed E-state index contributed by atoms with van der Waals surface area (Å²) in [6.45, 7) is 2.34. The summed E-state index contributed by atoms with van der Waals surface area (Å²) in [5, 5.41) is 11.5. The van der Waals surface area contributed by atoms with Crippen molar-refractivity contribution >= 4 is 17.6 Å². The molecule has 2 aromatic carbocycles. The molecule has 0 saturated carbocycles. The maximum absolute atomic E-state index is 12.3. The third-order valence-electron chi connectivity index (χ3n) is 3.69. The van der Waals surface area contributed by atoms with E-state index in [0.29, 0.717) is 36.0 Å². The summed E-state index contributed by atoms with van der Waals surface area (Å²) in [5.41, 5.74) is 1.14. The maximum Gasteiger partial charge on any atom is 0.339 e. The summed E-state index contributed by atoms with van der Waals surface area (Å²) < 4.78 is 16.0. The first-order valence-electron chi connectivity index (χ1n) is 7.98. The van der Waals surface area contributed by atoms with Gasteiger partial charge in [-0.15, -0.1) is 0 Å². The highest BCUT2D eigenvalue weighted by Crippen LogP contribution is 2.31. The lowest BCUT2D eigenvalue weighted by molar-refractivity contribution is -0.123. The van der Waals surface area contributed by atoms with Crippen LogP contribution in [0.3, 0.4) is 0 Å². The summed E-state index contributed by atoms with van der Waals surface area (Å²) in [6, 6.07) is 13.2. The molecule has 1 N–H and O–H groups in total. The molecule has 0 spiro atoms. The molecule has 1 atom stereocenters. The average molecular weight is 352 g/mol. The van der Waals surface area contributed by atoms with Gasteiger partial charge in [0, 0.05) is 5.69 Å². The summed E-state index contributed by atoms with van der Waals surface area (Å²) in [5.74, 6) is -0.103. The lowest BCUT2D eigenvalue weighted by Crippen LogP contribution is -2.30. The molecule has 2 aromatic rings. The quantitative estimate of drug-likeness (QED) is 0.849. The van der Waals surface area contributed by atoms with Crippen molar-refractivity contribution in [2.75, 3.05) is 18.5 Å². The van der Waals surface area contributed by atoms with E-state index >= 15 is 0 Å². The lowest BCUT2D eigenvalue weighted by Gasteiger charge is -2.19. The molecule has 7 nitrogen and oxygen atoms in total. The number of carbonyl (C=O) groups is 2. The van der Waals surface area contributed by atoms with E-state index in [1.54, 1.807) is 30.3 Å². The Labute approximate surface area is 150 Å². The number of carbonyl (C=O) groups excluding carboxylic acids is 2. The number of nitrogens with one attached hydrogen (secondary N) is 1. The fourth-order valence-electron chi connectivity index (χ4n) is 2.36. The molecule has 1 heterocycles. The number of hydrogen-bond donors (Lipinski definition) is 1. The second-order valence-electron chi connectivity index (χ2n) is 5.59. The molecule has 0 saturated heterocycles. The fourth-order valence-corrected chi connectivity index (χ4v) is 2.36. The Hall–Kier alpha value is -3.53. The monoisotopic (exact) mass is 352 g/mol. The number of nitrogens with zero attached hydrogens (tertiary/aromatic N) is 1. The summed E-state index contributed by atoms with van der Waals surface area (Å²) >= 11 is 0. The van der Waals surface area contributed by atoms with Crippen LogP contribution in [0.25, 0.3) is 0 Å². The third kappa shape index (κ3) is 3.92. The molecule has 26 heavy (non-hydrogen) atoms. The van der Waals surface area contributed by atoms with Crippen LogP contribution in [-0.4, -0.2) is 31.2 Å². The van der Waals surface area contributed by atoms with Crippen LogP contribution in [0.1, 0.15) is 22.8 Å². The molecule has 1 aliphatic rings. The van der Waals surface area contributed by atoms with Gasteiger partial charge >= 0.3 is 5.97 Å². The predicted octanol–water partition coefficient (Wildman–Crippen LogP) is 2.51. The molecule has 132 valence electrons. The molecule has 0 aliphatic carbocycles. The number of anilines is 1. The van der Waals surface area contributed by atoms with Crippen LogP contribution in [-0.2, 0) is 9.53 Å². The zero-order chi connectivity index (χ0) is 18.5. The molecule has 0 radical (unpaired) electrons. The number of fused-ring (bicyclic) bond motifs is 1. The predicted molar refractivity (Wildman–Crippen MR) is 92.1 cm³/mol. The van der Waals surface area contributed by atoms with Crippen molar-refractivity contribution in [2.24, 2.45) is 0 Å². The summed E-state index contributed by atoms with van der Waals surface area (Å²) in [7, 11) is 0. The van der Waals surface area contributed by atoms with Crippen molar-refractivity contribution in [1.29, 1.82) is 5.26 Å². The molecule has 7 heteroatoms. The van der Waals surface area contributed by atoms with Gasteiger partial charge in [0.05, 0.1) is 17.2 Å². The van der Waals surface area contributed by atoms with Crippen LogP contribution in [0.5, 0.6) is 11.5 Å². The largest absolute Gasteiger partial charge is 0.486 e. The highest BCUT2D eigenvalue weighted by Gasteiger charge is 2.21. The Balaban J connectivity index is 1.63. The molecule has 1 aliphatic heterocycles. The number of nitriles is 1. The van der Waals surface area contributed by atoms with Crippen LogP contribution >= 0.6 is 0 Å². The molecular formula is C19H16N2O5. The van der Waals surface area contributed by atoms with E-state index < -0.39 is 18.0 Å². The van der Waals surface area contributed by atoms with E-state index in [2.05, 4.69) is 5.32 Å². The minimum Gasteiger partial charge on any atom is -0.486 e. The zero-order valence-electron chi connectivity index (χ0n) is 14.0. The van der Waals surface area contributed by atoms with Crippen molar-refractivity contribution in [3.63, 3.8) is 0 Å². The third-order valence-corrected chi connectivity index (χ3v) is 3.69. The van der Waals surface area contributed by atoms with Gasteiger partial charge < -0.3 is 19.5 Å². The van der Waals surface area contributed by atoms with Gasteiger partial charge in [-0.2, -0.15) is 5.26 Å². The smallest absolute Gasteiger partial charge is 0.339 e. The lowest BCUT2D eigenvalue weighted by atomic mass is 10.2. The molecule has 0 bridgehead atoms. The Morgan fingerprint density at radius 1 is 1.15 bits per heavy atom. The molecular weight excluding hydrogens is 336 g/mol. The van der Waals surface area contributed by atoms with E-state index in [-0.39, 0.29) is 5.56 Å². The minimum atomic E-state index is -1.01. The van der Waals surface area contributed by atoms with Gasteiger partial charge in [-0.25, -0.2) is 4.79 Å². The second kappa shape index (κ2) is 7.57. The Bertz CT molecular complexity index is 888. The highest BCUT2D eigenvalue weighted by molar-refractivity contribution is 5.97. The van der Waals surface area contributed by atoms with Crippen molar-refractivity contribution < 1.29 is 23.8 Å². The zero-order valence-corrected chi connectivity index (χ0v) is 14.0. The molecule has 0 aromatic heterocycles. The first-order valence-corrected chi connectivity index (χ1v) is 7.98. The van der Waals surface area contributed by atoms with Crippen LogP contribution in [0.2, 0.25) is 0 Å². The topological polar surface area (TPSA) is 97.7 Å². The number of esters is 1.